The zero-order chi connectivity index (χ0) is 17.9. The number of aromatic hydroxyl groups is 1. The summed E-state index contributed by atoms with van der Waals surface area (Å²) in [5.74, 6) is 0.891. The summed E-state index contributed by atoms with van der Waals surface area (Å²) in [5, 5.41) is 10.3. The van der Waals surface area contributed by atoms with Crippen molar-refractivity contribution in [2.45, 2.75) is 39.8 Å². The molecule has 24 heavy (non-hydrogen) atoms. The fourth-order valence-electron chi connectivity index (χ4n) is 3.17. The van der Waals surface area contributed by atoms with Crippen LogP contribution in [-0.4, -0.2) is 26.2 Å². The van der Waals surface area contributed by atoms with Crippen LogP contribution in [0.4, 0.5) is 5.69 Å². The molecule has 2 aromatic rings. The summed E-state index contributed by atoms with van der Waals surface area (Å²) in [6, 6.07) is 12.8. The standard InChI is InChI=1S/C21H30N2O/c1-15(2)20-12-18(21(24)11-16(20)3)14-23(6)13-17-7-9-19(10-8-17)22(4)5/h7-12,15,24H,13-14H2,1-6H3/p+1. The highest BCUT2D eigenvalue weighted by Gasteiger charge is 2.13. The Morgan fingerprint density at radius 3 is 2.21 bits per heavy atom. The molecule has 1 unspecified atom stereocenters. The van der Waals surface area contributed by atoms with Crippen LogP contribution in [0.1, 0.15) is 42.0 Å². The lowest BCUT2D eigenvalue weighted by Gasteiger charge is -2.18. The van der Waals surface area contributed by atoms with Crippen molar-refractivity contribution in [1.82, 2.24) is 0 Å². The highest BCUT2D eigenvalue weighted by atomic mass is 16.3. The molecule has 0 spiro atoms. The van der Waals surface area contributed by atoms with Gasteiger partial charge in [0.1, 0.15) is 18.8 Å². The van der Waals surface area contributed by atoms with E-state index in [4.69, 9.17) is 0 Å². The highest BCUT2D eigenvalue weighted by Crippen LogP contribution is 2.26. The van der Waals surface area contributed by atoms with Crippen molar-refractivity contribution in [3.05, 3.63) is 58.7 Å². The molecule has 1 atom stereocenters. The van der Waals surface area contributed by atoms with E-state index in [-0.39, 0.29) is 0 Å². The molecule has 0 heterocycles. The largest absolute Gasteiger partial charge is 0.507 e. The summed E-state index contributed by atoms with van der Waals surface area (Å²) in [7, 11) is 6.28. The lowest BCUT2D eigenvalue weighted by molar-refractivity contribution is -0.907. The number of phenolic OH excluding ortho intramolecular Hbond substituents is 1. The van der Waals surface area contributed by atoms with E-state index in [1.165, 1.54) is 27.3 Å². The first-order chi connectivity index (χ1) is 11.3. The first-order valence-electron chi connectivity index (χ1n) is 8.68. The molecule has 0 aliphatic heterocycles. The van der Waals surface area contributed by atoms with Crippen molar-refractivity contribution in [3.63, 3.8) is 0 Å². The molecular formula is C21H31N2O+. The van der Waals surface area contributed by atoms with Gasteiger partial charge in [-0.05, 0) is 48.2 Å². The van der Waals surface area contributed by atoms with E-state index in [2.05, 4.69) is 77.1 Å². The smallest absolute Gasteiger partial charge is 0.124 e. The number of anilines is 1. The highest BCUT2D eigenvalue weighted by molar-refractivity contribution is 5.46. The Morgan fingerprint density at radius 1 is 1.04 bits per heavy atom. The Hall–Kier alpha value is -2.00. The number of benzene rings is 2. The van der Waals surface area contributed by atoms with Crippen LogP contribution in [0.2, 0.25) is 0 Å². The molecule has 0 bridgehead atoms. The van der Waals surface area contributed by atoms with Gasteiger partial charge in [-0.3, -0.25) is 0 Å². The summed E-state index contributed by atoms with van der Waals surface area (Å²) in [5.41, 5.74) is 6.06. The predicted octanol–water partition coefficient (Wildman–Crippen LogP) is 3.10. The summed E-state index contributed by atoms with van der Waals surface area (Å²) in [6.45, 7) is 8.24. The molecule has 0 saturated carbocycles. The third-order valence-corrected chi connectivity index (χ3v) is 4.54. The molecule has 130 valence electrons. The molecule has 2 aromatic carbocycles. The summed E-state index contributed by atoms with van der Waals surface area (Å²) in [6.07, 6.45) is 0. The normalized spacial score (nSPS) is 12.5. The Morgan fingerprint density at radius 2 is 1.67 bits per heavy atom. The van der Waals surface area contributed by atoms with E-state index < -0.39 is 0 Å². The first-order valence-corrected chi connectivity index (χ1v) is 8.68. The van der Waals surface area contributed by atoms with Gasteiger partial charge in [-0.25, -0.2) is 0 Å². The number of aryl methyl sites for hydroxylation is 1. The van der Waals surface area contributed by atoms with Gasteiger partial charge in [-0.15, -0.1) is 0 Å². The van der Waals surface area contributed by atoms with Crippen LogP contribution in [0, 0.1) is 6.92 Å². The van der Waals surface area contributed by atoms with Crippen molar-refractivity contribution >= 4 is 5.69 Å². The Kier molecular flexibility index (Phi) is 5.89. The zero-order valence-electron chi connectivity index (χ0n) is 15.9. The van der Waals surface area contributed by atoms with E-state index in [1.807, 2.05) is 6.07 Å². The Labute approximate surface area is 146 Å². The third kappa shape index (κ3) is 4.51. The van der Waals surface area contributed by atoms with Crippen LogP contribution in [0.15, 0.2) is 36.4 Å². The maximum atomic E-state index is 10.3. The quantitative estimate of drug-likeness (QED) is 0.853. The number of quaternary nitrogens is 1. The zero-order valence-corrected chi connectivity index (χ0v) is 15.9. The fourth-order valence-corrected chi connectivity index (χ4v) is 3.17. The molecule has 0 aromatic heterocycles. The van der Waals surface area contributed by atoms with Crippen molar-refractivity contribution in [3.8, 4) is 5.75 Å². The molecule has 0 aliphatic rings. The van der Waals surface area contributed by atoms with Gasteiger partial charge in [0.2, 0.25) is 0 Å². The van der Waals surface area contributed by atoms with Gasteiger partial charge in [0, 0.05) is 30.9 Å². The van der Waals surface area contributed by atoms with Crippen molar-refractivity contribution in [2.24, 2.45) is 0 Å². The number of rotatable bonds is 6. The predicted molar refractivity (Wildman–Crippen MR) is 102 cm³/mol. The molecule has 0 saturated heterocycles. The molecule has 0 radical (unpaired) electrons. The Balaban J connectivity index is 2.09. The monoisotopic (exact) mass is 327 g/mol. The number of phenols is 1. The lowest BCUT2D eigenvalue weighted by Crippen LogP contribution is -3.06. The second-order valence-electron chi connectivity index (χ2n) is 7.36. The summed E-state index contributed by atoms with van der Waals surface area (Å²) >= 11 is 0. The van der Waals surface area contributed by atoms with Crippen LogP contribution >= 0.6 is 0 Å². The molecule has 3 heteroatoms. The second kappa shape index (κ2) is 7.71. The van der Waals surface area contributed by atoms with Crippen LogP contribution < -0.4 is 9.80 Å². The molecule has 2 N–H and O–H groups in total. The molecule has 0 fully saturated rings. The van der Waals surface area contributed by atoms with E-state index in [1.54, 1.807) is 0 Å². The summed E-state index contributed by atoms with van der Waals surface area (Å²) < 4.78 is 0. The first kappa shape index (κ1) is 18.3. The number of nitrogens with zero attached hydrogens (tertiary/aromatic N) is 1. The SMILES string of the molecule is Cc1cc(O)c(C[NH+](C)Cc2ccc(N(C)C)cc2)cc1C(C)C. The minimum atomic E-state index is 0.416. The lowest BCUT2D eigenvalue weighted by atomic mass is 9.95. The average molecular weight is 327 g/mol. The van der Waals surface area contributed by atoms with Gasteiger partial charge >= 0.3 is 0 Å². The minimum Gasteiger partial charge on any atom is -0.507 e. The van der Waals surface area contributed by atoms with E-state index in [0.29, 0.717) is 11.7 Å². The minimum absolute atomic E-state index is 0.416. The van der Waals surface area contributed by atoms with E-state index in [9.17, 15) is 5.11 Å². The van der Waals surface area contributed by atoms with Crippen LogP contribution in [0.25, 0.3) is 0 Å². The van der Waals surface area contributed by atoms with Gasteiger partial charge in [-0.2, -0.15) is 0 Å². The molecule has 3 nitrogen and oxygen atoms in total. The van der Waals surface area contributed by atoms with Gasteiger partial charge in [-0.1, -0.05) is 26.0 Å². The number of hydrogen-bond acceptors (Lipinski definition) is 2. The maximum Gasteiger partial charge on any atom is 0.124 e. The maximum absolute atomic E-state index is 10.3. The molecule has 0 aliphatic carbocycles. The van der Waals surface area contributed by atoms with Crippen LogP contribution in [0.3, 0.4) is 0 Å². The third-order valence-electron chi connectivity index (χ3n) is 4.54. The topological polar surface area (TPSA) is 27.9 Å². The fraction of sp³-hybridized carbons (Fsp3) is 0.429. The average Bonchev–Trinajstić information content (AvgIpc) is 2.50. The van der Waals surface area contributed by atoms with Gasteiger partial charge in [0.05, 0.1) is 7.05 Å². The summed E-state index contributed by atoms with van der Waals surface area (Å²) in [4.78, 5) is 3.47. The van der Waals surface area contributed by atoms with Gasteiger partial charge in [0.15, 0.2) is 0 Å². The van der Waals surface area contributed by atoms with E-state index >= 15 is 0 Å². The second-order valence-corrected chi connectivity index (χ2v) is 7.36. The van der Waals surface area contributed by atoms with Crippen molar-refractivity contribution in [1.29, 1.82) is 0 Å². The van der Waals surface area contributed by atoms with Gasteiger partial charge < -0.3 is 14.9 Å². The number of hydrogen-bond donors (Lipinski definition) is 2. The molecule has 2 rings (SSSR count). The van der Waals surface area contributed by atoms with Gasteiger partial charge in [0.25, 0.3) is 0 Å². The van der Waals surface area contributed by atoms with E-state index in [0.717, 1.165) is 18.7 Å². The van der Waals surface area contributed by atoms with Crippen molar-refractivity contribution in [2.75, 3.05) is 26.0 Å². The molecular weight excluding hydrogens is 296 g/mol. The van der Waals surface area contributed by atoms with Crippen molar-refractivity contribution < 1.29 is 10.0 Å². The van der Waals surface area contributed by atoms with Crippen LogP contribution in [-0.2, 0) is 13.1 Å². The molecule has 0 amide bonds. The number of nitrogens with one attached hydrogen (secondary N) is 1. The Bertz CT molecular complexity index is 675. The van der Waals surface area contributed by atoms with Crippen LogP contribution in [0.5, 0.6) is 5.75 Å².